The maximum atomic E-state index is 5.99. The summed E-state index contributed by atoms with van der Waals surface area (Å²) >= 11 is 0. The maximum Gasteiger partial charge on any atom is 0.123 e. The van der Waals surface area contributed by atoms with Crippen molar-refractivity contribution >= 4 is 10.8 Å². The van der Waals surface area contributed by atoms with Gasteiger partial charge in [-0.2, -0.15) is 0 Å². The van der Waals surface area contributed by atoms with E-state index in [1.54, 1.807) is 7.11 Å². The summed E-state index contributed by atoms with van der Waals surface area (Å²) in [4.78, 5) is 0. The van der Waals surface area contributed by atoms with Crippen molar-refractivity contribution in [3.8, 4) is 5.75 Å². The van der Waals surface area contributed by atoms with Crippen LogP contribution in [-0.2, 0) is 11.2 Å². The minimum absolute atomic E-state index is 0.0737. The van der Waals surface area contributed by atoms with Crippen LogP contribution in [0.15, 0.2) is 36.4 Å². The number of rotatable bonds is 6. The van der Waals surface area contributed by atoms with E-state index in [1.165, 1.54) is 16.3 Å². The zero-order chi connectivity index (χ0) is 14.5. The minimum atomic E-state index is 0.0737. The number of nitrogens with two attached hydrogens (primary N) is 1. The standard InChI is InChI=1S/C17H23NO2/c1-12(18)10-16-15-7-5-4-6-14(15)8-9-17(16)20-11-13(2)19-3/h4-9,12-13H,10-11,18H2,1-3H3. The summed E-state index contributed by atoms with van der Waals surface area (Å²) in [5.74, 6) is 0.907. The zero-order valence-electron chi connectivity index (χ0n) is 12.4. The van der Waals surface area contributed by atoms with Gasteiger partial charge < -0.3 is 15.2 Å². The molecule has 2 rings (SSSR count). The molecule has 0 aliphatic carbocycles. The van der Waals surface area contributed by atoms with E-state index < -0.39 is 0 Å². The molecule has 0 fully saturated rings. The van der Waals surface area contributed by atoms with Crippen LogP contribution < -0.4 is 10.5 Å². The first-order valence-electron chi connectivity index (χ1n) is 7.03. The van der Waals surface area contributed by atoms with E-state index in [2.05, 4.69) is 24.3 Å². The van der Waals surface area contributed by atoms with E-state index in [1.807, 2.05) is 26.0 Å². The van der Waals surface area contributed by atoms with Crippen LogP contribution >= 0.6 is 0 Å². The predicted octanol–water partition coefficient (Wildman–Crippen LogP) is 3.14. The van der Waals surface area contributed by atoms with E-state index in [4.69, 9.17) is 15.2 Å². The summed E-state index contributed by atoms with van der Waals surface area (Å²) < 4.78 is 11.1. The average Bonchev–Trinajstić information content (AvgIpc) is 2.45. The topological polar surface area (TPSA) is 44.5 Å². The van der Waals surface area contributed by atoms with Crippen LogP contribution in [0.25, 0.3) is 10.8 Å². The molecule has 20 heavy (non-hydrogen) atoms. The van der Waals surface area contributed by atoms with Gasteiger partial charge in [-0.3, -0.25) is 0 Å². The Hall–Kier alpha value is -1.58. The number of fused-ring (bicyclic) bond motifs is 1. The Kier molecular flexibility index (Phi) is 4.99. The van der Waals surface area contributed by atoms with Gasteiger partial charge in [-0.25, -0.2) is 0 Å². The molecule has 3 nitrogen and oxygen atoms in total. The Morgan fingerprint density at radius 3 is 2.55 bits per heavy atom. The van der Waals surface area contributed by atoms with Crippen LogP contribution in [0.4, 0.5) is 0 Å². The second kappa shape index (κ2) is 6.73. The molecule has 2 aromatic rings. The summed E-state index contributed by atoms with van der Waals surface area (Å²) in [6, 6.07) is 12.6. The molecular weight excluding hydrogens is 250 g/mol. The van der Waals surface area contributed by atoms with Crippen LogP contribution in [-0.4, -0.2) is 25.9 Å². The second-order valence-electron chi connectivity index (χ2n) is 5.30. The molecule has 2 N–H and O–H groups in total. The van der Waals surface area contributed by atoms with Crippen molar-refractivity contribution in [1.29, 1.82) is 0 Å². The summed E-state index contributed by atoms with van der Waals surface area (Å²) in [6.07, 6.45) is 0.877. The molecule has 0 spiro atoms. The SMILES string of the molecule is COC(C)COc1ccc2ccccc2c1CC(C)N. The van der Waals surface area contributed by atoms with Gasteiger partial charge in [-0.05, 0) is 37.1 Å². The number of benzene rings is 2. The lowest BCUT2D eigenvalue weighted by atomic mass is 9.98. The van der Waals surface area contributed by atoms with E-state index in [9.17, 15) is 0 Å². The summed E-state index contributed by atoms with van der Waals surface area (Å²) in [5.41, 5.74) is 7.17. The number of methoxy groups -OCH3 is 1. The minimum Gasteiger partial charge on any atom is -0.491 e. The molecule has 2 unspecified atom stereocenters. The second-order valence-corrected chi connectivity index (χ2v) is 5.30. The first-order valence-corrected chi connectivity index (χ1v) is 7.03. The Balaban J connectivity index is 2.36. The zero-order valence-corrected chi connectivity index (χ0v) is 12.4. The Morgan fingerprint density at radius 2 is 1.85 bits per heavy atom. The molecular formula is C17H23NO2. The molecule has 0 aliphatic rings. The quantitative estimate of drug-likeness (QED) is 0.879. The van der Waals surface area contributed by atoms with Crippen LogP contribution in [0.2, 0.25) is 0 Å². The largest absolute Gasteiger partial charge is 0.491 e. The van der Waals surface area contributed by atoms with Crippen molar-refractivity contribution < 1.29 is 9.47 Å². The van der Waals surface area contributed by atoms with Gasteiger partial charge in [0.2, 0.25) is 0 Å². The highest BCUT2D eigenvalue weighted by molar-refractivity contribution is 5.87. The third kappa shape index (κ3) is 3.50. The van der Waals surface area contributed by atoms with Crippen LogP contribution in [0, 0.1) is 0 Å². The van der Waals surface area contributed by atoms with Crippen molar-refractivity contribution in [2.45, 2.75) is 32.4 Å². The summed E-state index contributed by atoms with van der Waals surface area (Å²) in [7, 11) is 1.69. The molecule has 0 radical (unpaired) electrons. The van der Waals surface area contributed by atoms with E-state index in [-0.39, 0.29) is 12.1 Å². The smallest absolute Gasteiger partial charge is 0.123 e. The van der Waals surface area contributed by atoms with Crippen LogP contribution in [0.3, 0.4) is 0 Å². The maximum absolute atomic E-state index is 5.99. The molecule has 0 bridgehead atoms. The van der Waals surface area contributed by atoms with Crippen molar-refractivity contribution in [3.05, 3.63) is 42.0 Å². The molecule has 0 saturated carbocycles. The van der Waals surface area contributed by atoms with Crippen molar-refractivity contribution in [2.75, 3.05) is 13.7 Å². The number of hydrogen-bond donors (Lipinski definition) is 1. The highest BCUT2D eigenvalue weighted by Gasteiger charge is 2.11. The van der Waals surface area contributed by atoms with Crippen molar-refractivity contribution in [2.24, 2.45) is 5.73 Å². The van der Waals surface area contributed by atoms with Crippen LogP contribution in [0.5, 0.6) is 5.75 Å². The third-order valence-corrected chi connectivity index (χ3v) is 3.40. The lowest BCUT2D eigenvalue weighted by Crippen LogP contribution is -2.20. The van der Waals surface area contributed by atoms with Gasteiger partial charge in [0, 0.05) is 18.7 Å². The fourth-order valence-electron chi connectivity index (χ4n) is 2.26. The van der Waals surface area contributed by atoms with Crippen LogP contribution in [0.1, 0.15) is 19.4 Å². The highest BCUT2D eigenvalue weighted by atomic mass is 16.5. The Bertz CT molecular complexity index is 566. The first-order chi connectivity index (χ1) is 9.61. The fraction of sp³-hybridized carbons (Fsp3) is 0.412. The number of hydrogen-bond acceptors (Lipinski definition) is 3. The molecule has 0 saturated heterocycles. The van der Waals surface area contributed by atoms with E-state index in [0.29, 0.717) is 6.61 Å². The molecule has 0 amide bonds. The lowest BCUT2D eigenvalue weighted by Gasteiger charge is -2.17. The molecule has 108 valence electrons. The molecule has 0 heterocycles. The first kappa shape index (κ1) is 14.8. The molecule has 0 aliphatic heterocycles. The van der Waals surface area contributed by atoms with Gasteiger partial charge in [0.25, 0.3) is 0 Å². The monoisotopic (exact) mass is 273 g/mol. The highest BCUT2D eigenvalue weighted by Crippen LogP contribution is 2.29. The predicted molar refractivity (Wildman–Crippen MR) is 83.3 cm³/mol. The molecule has 2 aromatic carbocycles. The summed E-state index contributed by atoms with van der Waals surface area (Å²) in [5, 5.41) is 2.43. The average molecular weight is 273 g/mol. The van der Waals surface area contributed by atoms with Crippen molar-refractivity contribution in [1.82, 2.24) is 0 Å². The van der Waals surface area contributed by atoms with Gasteiger partial charge in [0.1, 0.15) is 12.4 Å². The van der Waals surface area contributed by atoms with Gasteiger partial charge in [-0.1, -0.05) is 30.3 Å². The molecule has 3 heteroatoms. The lowest BCUT2D eigenvalue weighted by molar-refractivity contribution is 0.0713. The van der Waals surface area contributed by atoms with E-state index in [0.717, 1.165) is 12.2 Å². The molecule has 2 atom stereocenters. The normalized spacial score (nSPS) is 14.2. The Labute approximate surface area is 120 Å². The third-order valence-electron chi connectivity index (χ3n) is 3.40. The van der Waals surface area contributed by atoms with Gasteiger partial charge >= 0.3 is 0 Å². The summed E-state index contributed by atoms with van der Waals surface area (Å²) in [6.45, 7) is 4.55. The Morgan fingerprint density at radius 1 is 1.10 bits per heavy atom. The van der Waals surface area contributed by atoms with Gasteiger partial charge in [0.15, 0.2) is 0 Å². The fourth-order valence-corrected chi connectivity index (χ4v) is 2.26. The van der Waals surface area contributed by atoms with Gasteiger partial charge in [0.05, 0.1) is 6.10 Å². The van der Waals surface area contributed by atoms with Gasteiger partial charge in [-0.15, -0.1) is 0 Å². The number of ether oxygens (including phenoxy) is 2. The molecule has 0 aromatic heterocycles. The van der Waals surface area contributed by atoms with E-state index >= 15 is 0 Å². The van der Waals surface area contributed by atoms with Crippen molar-refractivity contribution in [3.63, 3.8) is 0 Å².